The van der Waals surface area contributed by atoms with E-state index >= 15 is 0 Å². The Morgan fingerprint density at radius 2 is 1.50 bits per heavy atom. The van der Waals surface area contributed by atoms with Gasteiger partial charge in [-0.2, -0.15) is 0 Å². The van der Waals surface area contributed by atoms with Gasteiger partial charge in [0, 0.05) is 0 Å². The zero-order valence-corrected chi connectivity index (χ0v) is 11.5. The maximum absolute atomic E-state index is 11.9. The van der Waals surface area contributed by atoms with Gasteiger partial charge in [0.25, 0.3) is 0 Å². The summed E-state index contributed by atoms with van der Waals surface area (Å²) in [5, 5.41) is 0. The van der Waals surface area contributed by atoms with Gasteiger partial charge >= 0.3 is 0 Å². The Hall–Kier alpha value is -1.05. The van der Waals surface area contributed by atoms with Crippen LogP contribution < -0.4 is 4.74 Å². The quantitative estimate of drug-likeness (QED) is 0.514. The van der Waals surface area contributed by atoms with Crippen LogP contribution in [0.2, 0.25) is 0 Å². The van der Waals surface area contributed by atoms with Crippen molar-refractivity contribution in [2.75, 3.05) is 6.86 Å². The monoisotopic (exact) mass is 252 g/mol. The smallest absolute Gasteiger partial charge is 0.228 e. The normalized spacial score (nSPS) is 10.6. The summed E-state index contributed by atoms with van der Waals surface area (Å²) in [6.45, 7) is 1.49. The van der Waals surface area contributed by atoms with Crippen molar-refractivity contribution in [3.8, 4) is 5.75 Å². The van der Waals surface area contributed by atoms with Crippen molar-refractivity contribution in [1.82, 2.24) is 0 Å². The summed E-state index contributed by atoms with van der Waals surface area (Å²) in [4.78, 5) is 0. The SMILES string of the molecule is CCCCCCCCCc1ccc(OCF)cc1. The number of ether oxygens (including phenoxy) is 1. The first-order chi connectivity index (χ1) is 8.86. The van der Waals surface area contributed by atoms with Gasteiger partial charge in [-0.25, -0.2) is 4.39 Å². The van der Waals surface area contributed by atoms with Crippen molar-refractivity contribution in [2.24, 2.45) is 0 Å². The van der Waals surface area contributed by atoms with Crippen LogP contribution in [0, 0.1) is 0 Å². The van der Waals surface area contributed by atoms with Gasteiger partial charge in [-0.05, 0) is 30.5 Å². The molecule has 1 nitrogen and oxygen atoms in total. The molecule has 0 amide bonds. The molecule has 0 N–H and O–H groups in total. The van der Waals surface area contributed by atoms with Crippen molar-refractivity contribution in [1.29, 1.82) is 0 Å². The maximum atomic E-state index is 11.9. The molecule has 0 spiro atoms. The van der Waals surface area contributed by atoms with E-state index < -0.39 is 6.86 Å². The van der Waals surface area contributed by atoms with E-state index in [0.29, 0.717) is 5.75 Å². The summed E-state index contributed by atoms with van der Waals surface area (Å²) in [7, 11) is 0. The largest absolute Gasteiger partial charge is 0.463 e. The first-order valence-electron chi connectivity index (χ1n) is 7.14. The lowest BCUT2D eigenvalue weighted by molar-refractivity contribution is 0.191. The van der Waals surface area contributed by atoms with Crippen LogP contribution in [0.1, 0.15) is 57.4 Å². The number of rotatable bonds is 10. The fraction of sp³-hybridized carbons (Fsp3) is 0.625. The highest BCUT2D eigenvalue weighted by Crippen LogP contribution is 2.15. The number of unbranched alkanes of at least 4 members (excludes halogenated alkanes) is 6. The van der Waals surface area contributed by atoms with E-state index in [1.54, 1.807) is 0 Å². The van der Waals surface area contributed by atoms with Crippen LogP contribution in [0.5, 0.6) is 5.75 Å². The van der Waals surface area contributed by atoms with Crippen LogP contribution >= 0.6 is 0 Å². The summed E-state index contributed by atoms with van der Waals surface area (Å²) >= 11 is 0. The predicted molar refractivity (Wildman–Crippen MR) is 74.7 cm³/mol. The molecule has 0 heterocycles. The molecule has 0 aliphatic carbocycles. The van der Waals surface area contributed by atoms with Crippen LogP contribution in [-0.4, -0.2) is 6.86 Å². The molecule has 1 aromatic carbocycles. The van der Waals surface area contributed by atoms with Crippen LogP contribution in [0.25, 0.3) is 0 Å². The van der Waals surface area contributed by atoms with Gasteiger partial charge in [0.15, 0.2) is 0 Å². The molecule has 0 atom stereocenters. The molecule has 0 aromatic heterocycles. The number of hydrogen-bond acceptors (Lipinski definition) is 1. The second-order valence-corrected chi connectivity index (χ2v) is 4.77. The Balaban J connectivity index is 2.08. The Labute approximate surface area is 110 Å². The van der Waals surface area contributed by atoms with Gasteiger partial charge in [0.1, 0.15) is 5.75 Å². The van der Waals surface area contributed by atoms with Crippen molar-refractivity contribution in [3.63, 3.8) is 0 Å². The lowest BCUT2D eigenvalue weighted by Gasteiger charge is -2.04. The topological polar surface area (TPSA) is 9.23 Å². The van der Waals surface area contributed by atoms with Gasteiger partial charge < -0.3 is 4.74 Å². The minimum Gasteiger partial charge on any atom is -0.463 e. The molecule has 2 heteroatoms. The maximum Gasteiger partial charge on any atom is 0.228 e. The molecule has 0 radical (unpaired) electrons. The standard InChI is InChI=1S/C16H25FO/c1-2-3-4-5-6-7-8-9-15-10-12-16(13-11-15)18-14-17/h10-13H,2-9,14H2,1H3. The molecule has 1 rings (SSSR count). The number of benzene rings is 1. The van der Waals surface area contributed by atoms with Gasteiger partial charge in [-0.15, -0.1) is 0 Å². The second kappa shape index (κ2) is 9.93. The molecule has 0 bridgehead atoms. The van der Waals surface area contributed by atoms with Crippen molar-refractivity contribution in [2.45, 2.75) is 58.3 Å². The molecule has 0 saturated carbocycles. The first-order valence-corrected chi connectivity index (χ1v) is 7.14. The fourth-order valence-electron chi connectivity index (χ4n) is 2.10. The van der Waals surface area contributed by atoms with E-state index in [4.69, 9.17) is 4.74 Å². The predicted octanol–water partition coefficient (Wildman–Crippen LogP) is 5.29. The lowest BCUT2D eigenvalue weighted by Crippen LogP contribution is -1.91. The minimum absolute atomic E-state index is 0.612. The zero-order chi connectivity index (χ0) is 13.1. The van der Waals surface area contributed by atoms with Crippen LogP contribution in [0.4, 0.5) is 4.39 Å². The molecular formula is C16H25FO. The van der Waals surface area contributed by atoms with Gasteiger partial charge in [-0.3, -0.25) is 0 Å². The van der Waals surface area contributed by atoms with Crippen molar-refractivity contribution in [3.05, 3.63) is 29.8 Å². The lowest BCUT2D eigenvalue weighted by atomic mass is 10.0. The van der Waals surface area contributed by atoms with Crippen LogP contribution in [0.3, 0.4) is 0 Å². The average Bonchev–Trinajstić information content (AvgIpc) is 2.40. The third-order valence-corrected chi connectivity index (χ3v) is 3.21. The molecule has 1 aromatic rings. The Bertz CT molecular complexity index is 294. The molecule has 0 aliphatic heterocycles. The van der Waals surface area contributed by atoms with E-state index in [-0.39, 0.29) is 0 Å². The third kappa shape index (κ3) is 6.63. The Morgan fingerprint density at radius 3 is 2.11 bits per heavy atom. The molecule has 102 valence electrons. The molecule has 0 fully saturated rings. The third-order valence-electron chi connectivity index (χ3n) is 3.21. The van der Waals surface area contributed by atoms with E-state index in [0.717, 1.165) is 6.42 Å². The molecule has 0 saturated heterocycles. The molecule has 18 heavy (non-hydrogen) atoms. The van der Waals surface area contributed by atoms with Crippen molar-refractivity contribution < 1.29 is 9.13 Å². The van der Waals surface area contributed by atoms with Crippen LogP contribution in [-0.2, 0) is 6.42 Å². The van der Waals surface area contributed by atoms with Gasteiger partial charge in [0.2, 0.25) is 6.86 Å². The van der Waals surface area contributed by atoms with Crippen molar-refractivity contribution >= 4 is 0 Å². The summed E-state index contributed by atoms with van der Waals surface area (Å²) in [6.07, 6.45) is 10.5. The summed E-state index contributed by atoms with van der Waals surface area (Å²) in [5.41, 5.74) is 1.31. The minimum atomic E-state index is -0.753. The van der Waals surface area contributed by atoms with Gasteiger partial charge in [0.05, 0.1) is 0 Å². The fourth-order valence-corrected chi connectivity index (χ4v) is 2.10. The van der Waals surface area contributed by atoms with E-state index in [2.05, 4.69) is 6.92 Å². The highest BCUT2D eigenvalue weighted by atomic mass is 19.1. The number of alkyl halides is 1. The molecule has 0 aliphatic rings. The number of halogens is 1. The summed E-state index contributed by atoms with van der Waals surface area (Å²) in [6, 6.07) is 7.75. The number of hydrogen-bond donors (Lipinski definition) is 0. The first kappa shape index (κ1) is 15.0. The molecule has 0 unspecified atom stereocenters. The van der Waals surface area contributed by atoms with E-state index in [1.807, 2.05) is 24.3 Å². The van der Waals surface area contributed by atoms with Gasteiger partial charge in [-0.1, -0.05) is 57.6 Å². The molecular weight excluding hydrogens is 227 g/mol. The van der Waals surface area contributed by atoms with E-state index in [9.17, 15) is 4.39 Å². The summed E-state index contributed by atoms with van der Waals surface area (Å²) < 4.78 is 16.7. The second-order valence-electron chi connectivity index (χ2n) is 4.77. The zero-order valence-electron chi connectivity index (χ0n) is 11.5. The number of aryl methyl sites for hydroxylation is 1. The highest BCUT2D eigenvalue weighted by molar-refractivity contribution is 5.27. The Morgan fingerprint density at radius 1 is 0.889 bits per heavy atom. The summed E-state index contributed by atoms with van der Waals surface area (Å²) in [5.74, 6) is 0.612. The van der Waals surface area contributed by atoms with Crippen LogP contribution in [0.15, 0.2) is 24.3 Å². The van der Waals surface area contributed by atoms with E-state index in [1.165, 1.54) is 50.5 Å². The average molecular weight is 252 g/mol. The Kier molecular flexibility index (Phi) is 8.28. The highest BCUT2D eigenvalue weighted by Gasteiger charge is 1.96.